The van der Waals surface area contributed by atoms with Crippen LogP contribution in [0.4, 0.5) is 5.69 Å². The normalized spacial score (nSPS) is 12.5. The van der Waals surface area contributed by atoms with Crippen molar-refractivity contribution in [3.05, 3.63) is 126 Å². The monoisotopic (exact) mass is 644 g/mol. The summed E-state index contributed by atoms with van der Waals surface area (Å²) in [6, 6.07) is 25.8. The standard InChI is InChI=1S/C34H32N2O7S2/c1-23-11-16-28(17-12-23)44(38,39)35-22-31(30-21-27(42-4)15-20-32(30)35)25(3)33(34(37)43-5)36(26-9-7-6-8-10-26)45(40,41)29-18-13-24(2)14-19-29/h6-22H,1-5H3/b33-25+. The largest absolute Gasteiger partial charge is 0.497 e. The number of hydrogen-bond acceptors (Lipinski definition) is 7. The Bertz CT molecular complexity index is 2130. The van der Waals surface area contributed by atoms with Crippen LogP contribution in [0.5, 0.6) is 5.75 Å². The van der Waals surface area contributed by atoms with Gasteiger partial charge in [0, 0.05) is 17.1 Å². The Hall–Kier alpha value is -4.87. The second-order valence-corrected chi connectivity index (χ2v) is 14.0. The third kappa shape index (κ3) is 5.84. The summed E-state index contributed by atoms with van der Waals surface area (Å²) in [5, 5.41) is 0.421. The molecule has 0 spiro atoms. The van der Waals surface area contributed by atoms with Crippen LogP contribution in [0.2, 0.25) is 0 Å². The first kappa shape index (κ1) is 31.6. The number of aryl methyl sites for hydroxylation is 2. The summed E-state index contributed by atoms with van der Waals surface area (Å²) in [6.07, 6.45) is 1.39. The van der Waals surface area contributed by atoms with Gasteiger partial charge in [0.2, 0.25) is 0 Å². The van der Waals surface area contributed by atoms with Crippen LogP contribution in [-0.4, -0.2) is 41.0 Å². The van der Waals surface area contributed by atoms with Gasteiger partial charge in [0.1, 0.15) is 11.4 Å². The molecule has 0 bridgehead atoms. The summed E-state index contributed by atoms with van der Waals surface area (Å²) in [6.45, 7) is 5.26. The van der Waals surface area contributed by atoms with E-state index >= 15 is 0 Å². The fourth-order valence-corrected chi connectivity index (χ4v) is 7.92. The highest BCUT2D eigenvalue weighted by atomic mass is 32.2. The van der Waals surface area contributed by atoms with E-state index in [0.29, 0.717) is 22.2 Å². The smallest absolute Gasteiger partial charge is 0.356 e. The molecule has 0 aliphatic rings. The van der Waals surface area contributed by atoms with Crippen molar-refractivity contribution in [2.75, 3.05) is 18.5 Å². The van der Waals surface area contributed by atoms with Crippen molar-refractivity contribution in [2.24, 2.45) is 0 Å². The average Bonchev–Trinajstić information content (AvgIpc) is 3.43. The number of nitrogens with zero attached hydrogens (tertiary/aromatic N) is 2. The average molecular weight is 645 g/mol. The highest BCUT2D eigenvalue weighted by molar-refractivity contribution is 7.93. The molecule has 0 fully saturated rings. The van der Waals surface area contributed by atoms with Crippen molar-refractivity contribution >= 4 is 48.2 Å². The number of sulfonamides is 1. The van der Waals surface area contributed by atoms with Gasteiger partial charge >= 0.3 is 5.97 Å². The zero-order valence-electron chi connectivity index (χ0n) is 25.4. The molecule has 0 unspecified atom stereocenters. The fourth-order valence-electron chi connectivity index (χ4n) is 5.01. The van der Waals surface area contributed by atoms with E-state index in [1.54, 1.807) is 79.7 Å². The van der Waals surface area contributed by atoms with Crippen molar-refractivity contribution in [1.82, 2.24) is 3.97 Å². The number of hydrogen-bond donors (Lipinski definition) is 0. The SMILES string of the molecule is COC(=O)/C(=C(/C)c1cn(S(=O)(=O)c2ccc(C)cc2)c2ccc(OC)cc12)N(c1ccccc1)S(=O)(=O)c1ccc(C)cc1. The predicted octanol–water partition coefficient (Wildman–Crippen LogP) is 6.30. The molecule has 4 aromatic carbocycles. The van der Waals surface area contributed by atoms with E-state index in [1.165, 1.54) is 37.6 Å². The minimum atomic E-state index is -4.39. The molecule has 0 amide bonds. The highest BCUT2D eigenvalue weighted by Gasteiger charge is 2.35. The van der Waals surface area contributed by atoms with Gasteiger partial charge in [0.15, 0.2) is 0 Å². The fraction of sp³-hybridized carbons (Fsp3) is 0.147. The lowest BCUT2D eigenvalue weighted by Crippen LogP contribution is -2.35. The maximum absolute atomic E-state index is 14.3. The molecule has 0 atom stereocenters. The Labute approximate surface area is 263 Å². The number of benzene rings is 4. The highest BCUT2D eigenvalue weighted by Crippen LogP contribution is 2.38. The van der Waals surface area contributed by atoms with Crippen molar-refractivity contribution in [3.63, 3.8) is 0 Å². The zero-order valence-corrected chi connectivity index (χ0v) is 27.0. The maximum Gasteiger partial charge on any atom is 0.356 e. The Kier molecular flexibility index (Phi) is 8.59. The third-order valence-electron chi connectivity index (χ3n) is 7.45. The van der Waals surface area contributed by atoms with Gasteiger partial charge in [0.25, 0.3) is 20.0 Å². The van der Waals surface area contributed by atoms with Gasteiger partial charge in [-0.3, -0.25) is 0 Å². The van der Waals surface area contributed by atoms with Crippen LogP contribution in [0.25, 0.3) is 16.5 Å². The summed E-state index contributed by atoms with van der Waals surface area (Å²) in [5.74, 6) is -0.494. The zero-order chi connectivity index (χ0) is 32.5. The number of anilines is 1. The maximum atomic E-state index is 14.3. The number of carbonyl (C=O) groups excluding carboxylic acids is 1. The van der Waals surface area contributed by atoms with E-state index in [0.717, 1.165) is 26.5 Å². The van der Waals surface area contributed by atoms with Gasteiger partial charge in [-0.25, -0.2) is 29.9 Å². The molecule has 1 heterocycles. The first-order valence-corrected chi connectivity index (χ1v) is 16.8. The first-order chi connectivity index (χ1) is 21.4. The Morgan fingerprint density at radius 3 is 1.89 bits per heavy atom. The van der Waals surface area contributed by atoms with Gasteiger partial charge in [-0.1, -0.05) is 53.6 Å². The Morgan fingerprint density at radius 2 is 1.33 bits per heavy atom. The van der Waals surface area contributed by atoms with Gasteiger partial charge in [-0.15, -0.1) is 0 Å². The molecule has 45 heavy (non-hydrogen) atoms. The first-order valence-electron chi connectivity index (χ1n) is 13.9. The minimum Gasteiger partial charge on any atom is -0.497 e. The van der Waals surface area contributed by atoms with Crippen molar-refractivity contribution in [2.45, 2.75) is 30.6 Å². The second kappa shape index (κ2) is 12.3. The minimum absolute atomic E-state index is 0.0443. The number of esters is 1. The van der Waals surface area contributed by atoms with E-state index in [1.807, 2.05) is 13.8 Å². The molecule has 9 nitrogen and oxygen atoms in total. The van der Waals surface area contributed by atoms with Crippen molar-refractivity contribution in [1.29, 1.82) is 0 Å². The van der Waals surface area contributed by atoms with Gasteiger partial charge < -0.3 is 9.47 Å². The summed E-state index contributed by atoms with van der Waals surface area (Å²) in [4.78, 5) is 13.7. The number of rotatable bonds is 9. The lowest BCUT2D eigenvalue weighted by atomic mass is 10.0. The van der Waals surface area contributed by atoms with Crippen LogP contribution in [0, 0.1) is 13.8 Å². The number of allylic oxidation sites excluding steroid dienone is 1. The van der Waals surface area contributed by atoms with Crippen molar-refractivity contribution in [3.8, 4) is 5.75 Å². The second-order valence-electron chi connectivity index (χ2n) is 10.4. The summed E-state index contributed by atoms with van der Waals surface area (Å²) in [5.41, 5.74) is 2.40. The van der Waals surface area contributed by atoms with Gasteiger partial charge in [-0.05, 0) is 80.9 Å². The van der Waals surface area contributed by atoms with E-state index in [2.05, 4.69) is 0 Å². The molecule has 5 aromatic rings. The molecule has 0 aliphatic carbocycles. The molecule has 0 radical (unpaired) electrons. The lowest BCUT2D eigenvalue weighted by molar-refractivity contribution is -0.136. The van der Waals surface area contributed by atoms with Crippen LogP contribution in [-0.2, 0) is 29.6 Å². The van der Waals surface area contributed by atoms with E-state index in [4.69, 9.17) is 9.47 Å². The molecule has 0 N–H and O–H groups in total. The number of para-hydroxylation sites is 1. The molecule has 0 saturated carbocycles. The molecular weight excluding hydrogens is 613 g/mol. The summed E-state index contributed by atoms with van der Waals surface area (Å²) < 4.78 is 69.3. The van der Waals surface area contributed by atoms with E-state index < -0.39 is 26.0 Å². The molecule has 232 valence electrons. The number of fused-ring (bicyclic) bond motifs is 1. The number of ether oxygens (including phenoxy) is 2. The van der Waals surface area contributed by atoms with Crippen LogP contribution in [0.15, 0.2) is 119 Å². The van der Waals surface area contributed by atoms with E-state index in [-0.39, 0.29) is 26.7 Å². The molecule has 0 saturated heterocycles. The molecule has 1 aromatic heterocycles. The Balaban J connectivity index is 1.86. The topological polar surface area (TPSA) is 112 Å². The summed E-state index contributed by atoms with van der Waals surface area (Å²) >= 11 is 0. The van der Waals surface area contributed by atoms with Crippen LogP contribution in [0.1, 0.15) is 23.6 Å². The van der Waals surface area contributed by atoms with Gasteiger partial charge in [-0.2, -0.15) is 0 Å². The predicted molar refractivity (Wildman–Crippen MR) is 174 cm³/mol. The van der Waals surface area contributed by atoms with Gasteiger partial charge in [0.05, 0.1) is 35.2 Å². The third-order valence-corrected chi connectivity index (χ3v) is 10.9. The quantitative estimate of drug-likeness (QED) is 0.137. The van der Waals surface area contributed by atoms with E-state index in [9.17, 15) is 21.6 Å². The molecule has 11 heteroatoms. The number of aromatic nitrogens is 1. The van der Waals surface area contributed by atoms with Crippen LogP contribution in [0.3, 0.4) is 0 Å². The lowest BCUT2D eigenvalue weighted by Gasteiger charge is -2.27. The molecular formula is C34H32N2O7S2. The molecule has 0 aliphatic heterocycles. The molecule has 5 rings (SSSR count). The summed E-state index contributed by atoms with van der Waals surface area (Å²) in [7, 11) is -5.86. The number of carbonyl (C=O) groups is 1. The van der Waals surface area contributed by atoms with Crippen LogP contribution >= 0.6 is 0 Å². The van der Waals surface area contributed by atoms with Crippen LogP contribution < -0.4 is 9.04 Å². The van der Waals surface area contributed by atoms with Crippen molar-refractivity contribution < 1.29 is 31.1 Å². The number of methoxy groups -OCH3 is 2. The Morgan fingerprint density at radius 1 is 0.756 bits per heavy atom.